The predicted molar refractivity (Wildman–Crippen MR) is 100 cm³/mol. The maximum atomic E-state index is 13.1. The number of sulfone groups is 1. The first-order chi connectivity index (χ1) is 12.4. The lowest BCUT2D eigenvalue weighted by Gasteiger charge is -2.34. The molecule has 2 fully saturated rings. The lowest BCUT2D eigenvalue weighted by Crippen LogP contribution is -2.48. The summed E-state index contributed by atoms with van der Waals surface area (Å²) < 4.78 is 25.2. The zero-order chi connectivity index (χ0) is 18.3. The molecule has 1 saturated carbocycles. The number of fused-ring (bicyclic) bond motifs is 1. The van der Waals surface area contributed by atoms with Crippen molar-refractivity contribution in [1.82, 2.24) is 14.5 Å². The second kappa shape index (κ2) is 6.77. The molecule has 0 aromatic carbocycles. The molecule has 0 N–H and O–H groups in total. The number of hydrogen-bond donors (Lipinski definition) is 0. The van der Waals surface area contributed by atoms with Crippen LogP contribution in [0.3, 0.4) is 0 Å². The summed E-state index contributed by atoms with van der Waals surface area (Å²) in [5.74, 6) is -0.0138. The van der Waals surface area contributed by atoms with Crippen LogP contribution in [0.5, 0.6) is 0 Å². The molecule has 1 amide bonds. The first-order valence-electron chi connectivity index (χ1n) is 8.89. The van der Waals surface area contributed by atoms with Crippen molar-refractivity contribution in [3.05, 3.63) is 28.1 Å². The number of hydrogen-bond acceptors (Lipinski definition) is 6. The largest absolute Gasteiger partial charge is 0.334 e. The molecule has 2 aromatic heterocycles. The number of aromatic nitrogens is 2. The molecule has 2 aliphatic rings. The van der Waals surface area contributed by atoms with E-state index < -0.39 is 9.84 Å². The van der Waals surface area contributed by atoms with Gasteiger partial charge in [-0.25, -0.2) is 13.4 Å². The van der Waals surface area contributed by atoms with Crippen LogP contribution < -0.4 is 5.56 Å². The van der Waals surface area contributed by atoms with Gasteiger partial charge in [-0.15, -0.1) is 11.3 Å². The highest BCUT2D eigenvalue weighted by Gasteiger charge is 2.39. The van der Waals surface area contributed by atoms with Crippen molar-refractivity contribution in [1.29, 1.82) is 0 Å². The average molecular weight is 396 g/mol. The molecule has 26 heavy (non-hydrogen) atoms. The van der Waals surface area contributed by atoms with Gasteiger partial charge >= 0.3 is 0 Å². The molecule has 1 aliphatic heterocycles. The zero-order valence-corrected chi connectivity index (χ0v) is 16.0. The lowest BCUT2D eigenvalue weighted by molar-refractivity contribution is -0.136. The molecular formula is C17H21N3O4S2. The third-order valence-electron chi connectivity index (χ3n) is 5.36. The van der Waals surface area contributed by atoms with Gasteiger partial charge in [0.05, 0.1) is 23.2 Å². The Balaban J connectivity index is 1.61. The lowest BCUT2D eigenvalue weighted by atomic mass is 10.1. The van der Waals surface area contributed by atoms with Crippen LogP contribution in [0.25, 0.3) is 10.2 Å². The highest BCUT2D eigenvalue weighted by molar-refractivity contribution is 7.91. The maximum Gasteiger partial charge on any atom is 0.262 e. The Morgan fingerprint density at radius 1 is 1.27 bits per heavy atom. The molecule has 4 rings (SSSR count). The molecule has 0 unspecified atom stereocenters. The molecule has 7 nitrogen and oxygen atoms in total. The predicted octanol–water partition coefficient (Wildman–Crippen LogP) is 1.42. The van der Waals surface area contributed by atoms with E-state index in [4.69, 9.17) is 0 Å². The Labute approximate surface area is 155 Å². The number of rotatable bonds is 4. The first kappa shape index (κ1) is 17.7. The summed E-state index contributed by atoms with van der Waals surface area (Å²) in [6.45, 7) is -0.0926. The summed E-state index contributed by atoms with van der Waals surface area (Å²) >= 11 is 1.39. The van der Waals surface area contributed by atoms with Gasteiger partial charge < -0.3 is 4.90 Å². The fourth-order valence-corrected chi connectivity index (χ4v) is 6.55. The van der Waals surface area contributed by atoms with Crippen molar-refractivity contribution in [3.63, 3.8) is 0 Å². The summed E-state index contributed by atoms with van der Waals surface area (Å²) in [6, 6.07) is 1.52. The normalized spacial score (nSPS) is 22.8. The number of thiophene rings is 1. The number of amides is 1. The highest BCUT2D eigenvalue weighted by Crippen LogP contribution is 2.29. The third-order valence-corrected chi connectivity index (χ3v) is 7.93. The second-order valence-corrected chi connectivity index (χ2v) is 10.2. The Kier molecular flexibility index (Phi) is 4.60. The van der Waals surface area contributed by atoms with E-state index in [0.29, 0.717) is 16.6 Å². The van der Waals surface area contributed by atoms with Gasteiger partial charge in [0.15, 0.2) is 9.84 Å². The van der Waals surface area contributed by atoms with Crippen molar-refractivity contribution in [3.8, 4) is 0 Å². The minimum absolute atomic E-state index is 0.0337. The Bertz CT molecular complexity index is 989. The van der Waals surface area contributed by atoms with E-state index in [1.807, 2.05) is 0 Å². The van der Waals surface area contributed by atoms with E-state index in [2.05, 4.69) is 4.98 Å². The van der Waals surface area contributed by atoms with Crippen LogP contribution in [0.4, 0.5) is 0 Å². The van der Waals surface area contributed by atoms with Crippen LogP contribution in [0, 0.1) is 0 Å². The Hall–Kier alpha value is -1.74. The van der Waals surface area contributed by atoms with Crippen LogP contribution in [0.2, 0.25) is 0 Å². The van der Waals surface area contributed by atoms with Crippen molar-refractivity contribution in [2.75, 3.05) is 11.5 Å². The van der Waals surface area contributed by atoms with Gasteiger partial charge in [0.1, 0.15) is 11.4 Å². The van der Waals surface area contributed by atoms with E-state index in [-0.39, 0.29) is 41.6 Å². The summed E-state index contributed by atoms with van der Waals surface area (Å²) in [5, 5.41) is 2.32. The number of nitrogens with zero attached hydrogens (tertiary/aromatic N) is 3. The van der Waals surface area contributed by atoms with Gasteiger partial charge in [-0.3, -0.25) is 14.2 Å². The van der Waals surface area contributed by atoms with E-state index in [0.717, 1.165) is 25.7 Å². The quantitative estimate of drug-likeness (QED) is 0.781. The van der Waals surface area contributed by atoms with Crippen molar-refractivity contribution < 1.29 is 13.2 Å². The van der Waals surface area contributed by atoms with Crippen LogP contribution in [-0.4, -0.2) is 52.4 Å². The van der Waals surface area contributed by atoms with E-state index in [1.54, 1.807) is 16.3 Å². The molecule has 9 heteroatoms. The van der Waals surface area contributed by atoms with E-state index >= 15 is 0 Å². The van der Waals surface area contributed by atoms with Gasteiger partial charge in [0.2, 0.25) is 5.91 Å². The van der Waals surface area contributed by atoms with E-state index in [9.17, 15) is 18.0 Å². The number of carbonyl (C=O) groups excluding carboxylic acids is 1. The molecule has 0 bridgehead atoms. The topological polar surface area (TPSA) is 89.3 Å². The van der Waals surface area contributed by atoms with Gasteiger partial charge in [0.25, 0.3) is 5.56 Å². The monoisotopic (exact) mass is 395 g/mol. The van der Waals surface area contributed by atoms with Gasteiger partial charge in [0, 0.05) is 12.1 Å². The average Bonchev–Trinajstić information content (AvgIpc) is 3.32. The zero-order valence-electron chi connectivity index (χ0n) is 14.3. The van der Waals surface area contributed by atoms with Gasteiger partial charge in [-0.2, -0.15) is 0 Å². The SMILES string of the molecule is O=C(Cn1cnc2sccc2c1=O)N(C1CCCC1)[C@H]1CCS(=O)(=O)C1. The van der Waals surface area contributed by atoms with Gasteiger partial charge in [-0.1, -0.05) is 12.8 Å². The standard InChI is InChI=1S/C17H21N3O4S2/c21-15(9-19-11-18-16-14(17(19)22)5-7-25-16)20(12-3-1-2-4-12)13-6-8-26(23,24)10-13/h5,7,11-13H,1-4,6,8-10H2/t13-/m0/s1. The summed E-state index contributed by atoms with van der Waals surface area (Å²) in [7, 11) is -3.08. The van der Waals surface area contributed by atoms with Gasteiger partial charge in [-0.05, 0) is 30.7 Å². The molecule has 140 valence electrons. The maximum absolute atomic E-state index is 13.1. The van der Waals surface area contributed by atoms with Crippen LogP contribution in [0.15, 0.2) is 22.6 Å². The molecule has 2 aromatic rings. The molecular weight excluding hydrogens is 374 g/mol. The Morgan fingerprint density at radius 2 is 2.04 bits per heavy atom. The van der Waals surface area contributed by atoms with Crippen molar-refractivity contribution >= 4 is 37.3 Å². The molecule has 1 aliphatic carbocycles. The Morgan fingerprint density at radius 3 is 2.73 bits per heavy atom. The van der Waals surface area contributed by atoms with Crippen LogP contribution >= 0.6 is 11.3 Å². The molecule has 0 spiro atoms. The minimum atomic E-state index is -3.08. The molecule has 0 radical (unpaired) electrons. The van der Waals surface area contributed by atoms with Crippen LogP contribution in [0.1, 0.15) is 32.1 Å². The summed E-state index contributed by atoms with van der Waals surface area (Å²) in [6.07, 6.45) is 5.81. The second-order valence-electron chi connectivity index (χ2n) is 7.11. The number of carbonyl (C=O) groups is 1. The minimum Gasteiger partial charge on any atom is -0.334 e. The third kappa shape index (κ3) is 3.29. The molecule has 1 saturated heterocycles. The molecule has 1 atom stereocenters. The first-order valence-corrected chi connectivity index (χ1v) is 11.6. The smallest absolute Gasteiger partial charge is 0.262 e. The van der Waals surface area contributed by atoms with Crippen molar-refractivity contribution in [2.45, 2.75) is 50.7 Å². The fourth-order valence-electron chi connectivity index (χ4n) is 4.12. The molecule has 3 heterocycles. The highest BCUT2D eigenvalue weighted by atomic mass is 32.2. The summed E-state index contributed by atoms with van der Waals surface area (Å²) in [4.78, 5) is 32.3. The van der Waals surface area contributed by atoms with Crippen LogP contribution in [-0.2, 0) is 21.2 Å². The fraction of sp³-hybridized carbons (Fsp3) is 0.588. The van der Waals surface area contributed by atoms with E-state index in [1.165, 1.54) is 22.2 Å². The summed E-state index contributed by atoms with van der Waals surface area (Å²) in [5.41, 5.74) is -0.227. The van der Waals surface area contributed by atoms with Crippen molar-refractivity contribution in [2.24, 2.45) is 0 Å².